The van der Waals surface area contributed by atoms with E-state index in [0.29, 0.717) is 31.2 Å². The number of carbonyl (C=O) groups excluding carboxylic acids is 2. The lowest BCUT2D eigenvalue weighted by Gasteiger charge is -2.17. The molecule has 0 aromatic heterocycles. The summed E-state index contributed by atoms with van der Waals surface area (Å²) in [6, 6.07) is 3.87. The maximum absolute atomic E-state index is 12.4. The standard InChI is InChI=1S/C18H24BrNO5/c1-12(18(22)24-3)7-17(21)20-10-13-8-15(23-2)16(9-14(13)11-20)25-6-4-5-19/h8-9,12H,4-7,10-11H2,1-3H3. The smallest absolute Gasteiger partial charge is 0.308 e. The predicted octanol–water partition coefficient (Wildman–Crippen LogP) is 2.90. The number of fused-ring (bicyclic) bond motifs is 1. The number of amides is 1. The molecule has 1 aromatic rings. The van der Waals surface area contributed by atoms with E-state index in [9.17, 15) is 9.59 Å². The molecule has 1 heterocycles. The first-order valence-electron chi connectivity index (χ1n) is 8.24. The van der Waals surface area contributed by atoms with Gasteiger partial charge in [-0.1, -0.05) is 22.9 Å². The Bertz CT molecular complexity index is 634. The Kier molecular flexibility index (Phi) is 7.11. The minimum absolute atomic E-state index is 0.0603. The Labute approximate surface area is 156 Å². The summed E-state index contributed by atoms with van der Waals surface area (Å²) in [6.45, 7) is 3.33. The summed E-state index contributed by atoms with van der Waals surface area (Å²) in [5.41, 5.74) is 2.09. The summed E-state index contributed by atoms with van der Waals surface area (Å²) in [7, 11) is 2.94. The van der Waals surface area contributed by atoms with Crippen molar-refractivity contribution in [2.24, 2.45) is 5.92 Å². The normalized spacial score (nSPS) is 14.0. The number of rotatable bonds is 8. The Morgan fingerprint density at radius 1 is 1.20 bits per heavy atom. The van der Waals surface area contributed by atoms with E-state index in [-0.39, 0.29) is 18.3 Å². The summed E-state index contributed by atoms with van der Waals surface area (Å²) in [4.78, 5) is 25.7. The summed E-state index contributed by atoms with van der Waals surface area (Å²) >= 11 is 3.38. The van der Waals surface area contributed by atoms with Crippen molar-refractivity contribution in [3.05, 3.63) is 23.3 Å². The van der Waals surface area contributed by atoms with Crippen LogP contribution in [0.5, 0.6) is 11.5 Å². The second-order valence-corrected chi connectivity index (χ2v) is 6.83. The highest BCUT2D eigenvalue weighted by Crippen LogP contribution is 2.35. The number of benzene rings is 1. The number of hydrogen-bond acceptors (Lipinski definition) is 5. The van der Waals surface area contributed by atoms with Crippen molar-refractivity contribution in [3.8, 4) is 11.5 Å². The van der Waals surface area contributed by atoms with Crippen LogP contribution in [0, 0.1) is 5.92 Å². The van der Waals surface area contributed by atoms with E-state index in [1.165, 1.54) is 7.11 Å². The van der Waals surface area contributed by atoms with Gasteiger partial charge in [0.2, 0.25) is 5.91 Å². The number of hydrogen-bond donors (Lipinski definition) is 0. The topological polar surface area (TPSA) is 65.1 Å². The van der Waals surface area contributed by atoms with E-state index >= 15 is 0 Å². The van der Waals surface area contributed by atoms with Crippen molar-refractivity contribution in [2.75, 3.05) is 26.2 Å². The van der Waals surface area contributed by atoms with E-state index in [1.807, 2.05) is 12.1 Å². The Morgan fingerprint density at radius 2 is 1.84 bits per heavy atom. The average molecular weight is 414 g/mol. The largest absolute Gasteiger partial charge is 0.493 e. The van der Waals surface area contributed by atoms with Crippen molar-refractivity contribution >= 4 is 27.8 Å². The van der Waals surface area contributed by atoms with E-state index in [0.717, 1.165) is 22.9 Å². The minimum Gasteiger partial charge on any atom is -0.493 e. The number of carbonyl (C=O) groups is 2. The second kappa shape index (κ2) is 9.08. The Balaban J connectivity index is 2.06. The highest BCUT2D eigenvalue weighted by atomic mass is 79.9. The highest BCUT2D eigenvalue weighted by Gasteiger charge is 2.28. The summed E-state index contributed by atoms with van der Waals surface area (Å²) in [5.74, 6) is 0.493. The summed E-state index contributed by atoms with van der Waals surface area (Å²) in [5, 5.41) is 0.876. The number of esters is 1. The van der Waals surface area contributed by atoms with Crippen LogP contribution < -0.4 is 9.47 Å². The molecule has 1 amide bonds. The third-order valence-electron chi connectivity index (χ3n) is 4.18. The molecule has 0 fully saturated rings. The first-order chi connectivity index (χ1) is 12.0. The van der Waals surface area contributed by atoms with Gasteiger partial charge in [-0.05, 0) is 29.7 Å². The number of nitrogens with zero attached hydrogens (tertiary/aromatic N) is 1. The van der Waals surface area contributed by atoms with Crippen LogP contribution in [-0.2, 0) is 27.4 Å². The average Bonchev–Trinajstić information content (AvgIpc) is 3.03. The molecule has 1 aliphatic rings. The number of ether oxygens (including phenoxy) is 3. The SMILES string of the molecule is COC(=O)C(C)CC(=O)N1Cc2cc(OC)c(OCCCBr)cc2C1. The van der Waals surface area contributed by atoms with Gasteiger partial charge in [0.25, 0.3) is 0 Å². The van der Waals surface area contributed by atoms with Gasteiger partial charge in [-0.25, -0.2) is 0 Å². The van der Waals surface area contributed by atoms with E-state index < -0.39 is 5.92 Å². The van der Waals surface area contributed by atoms with Gasteiger partial charge in [0, 0.05) is 24.8 Å². The molecule has 0 N–H and O–H groups in total. The van der Waals surface area contributed by atoms with Gasteiger partial charge in [0.1, 0.15) is 0 Å². The molecule has 6 nitrogen and oxygen atoms in total. The van der Waals surface area contributed by atoms with E-state index in [2.05, 4.69) is 20.7 Å². The van der Waals surface area contributed by atoms with Crippen LogP contribution in [0.25, 0.3) is 0 Å². The molecule has 0 aliphatic carbocycles. The van der Waals surface area contributed by atoms with Crippen molar-refractivity contribution in [1.82, 2.24) is 4.90 Å². The first-order valence-corrected chi connectivity index (χ1v) is 9.36. The molecule has 0 saturated carbocycles. The van der Waals surface area contributed by atoms with Crippen LogP contribution in [0.1, 0.15) is 30.9 Å². The van der Waals surface area contributed by atoms with Crippen molar-refractivity contribution in [2.45, 2.75) is 32.9 Å². The lowest BCUT2D eigenvalue weighted by Crippen LogP contribution is -2.29. The molecule has 7 heteroatoms. The molecule has 1 aromatic carbocycles. The molecule has 138 valence electrons. The maximum Gasteiger partial charge on any atom is 0.308 e. The van der Waals surface area contributed by atoms with Crippen molar-refractivity contribution in [1.29, 1.82) is 0 Å². The predicted molar refractivity (Wildman–Crippen MR) is 97.0 cm³/mol. The van der Waals surface area contributed by atoms with E-state index in [1.54, 1.807) is 18.9 Å². The molecular weight excluding hydrogens is 390 g/mol. The number of methoxy groups -OCH3 is 2. The molecule has 0 radical (unpaired) electrons. The van der Waals surface area contributed by atoms with Crippen LogP contribution in [0.4, 0.5) is 0 Å². The maximum atomic E-state index is 12.4. The van der Waals surface area contributed by atoms with Gasteiger partial charge in [-0.15, -0.1) is 0 Å². The highest BCUT2D eigenvalue weighted by molar-refractivity contribution is 9.09. The first kappa shape index (κ1) is 19.6. The zero-order valence-corrected chi connectivity index (χ0v) is 16.4. The third kappa shape index (κ3) is 4.87. The molecule has 1 aliphatic heterocycles. The Hall–Kier alpha value is -1.76. The van der Waals surface area contributed by atoms with E-state index in [4.69, 9.17) is 9.47 Å². The van der Waals surface area contributed by atoms with Gasteiger partial charge in [-0.3, -0.25) is 9.59 Å². The number of alkyl halides is 1. The second-order valence-electron chi connectivity index (χ2n) is 6.04. The van der Waals surface area contributed by atoms with Crippen molar-refractivity contribution in [3.63, 3.8) is 0 Å². The molecule has 1 unspecified atom stereocenters. The lowest BCUT2D eigenvalue weighted by atomic mass is 10.1. The van der Waals surface area contributed by atoms with Gasteiger partial charge < -0.3 is 19.1 Å². The van der Waals surface area contributed by atoms with Gasteiger partial charge in [0.15, 0.2) is 11.5 Å². The molecular formula is C18H24BrNO5. The quantitative estimate of drug-likeness (QED) is 0.372. The van der Waals surface area contributed by atoms with Gasteiger partial charge in [-0.2, -0.15) is 0 Å². The van der Waals surface area contributed by atoms with Crippen molar-refractivity contribution < 1.29 is 23.8 Å². The fraction of sp³-hybridized carbons (Fsp3) is 0.556. The molecule has 0 spiro atoms. The zero-order chi connectivity index (χ0) is 18.4. The van der Waals surface area contributed by atoms with Gasteiger partial charge >= 0.3 is 5.97 Å². The summed E-state index contributed by atoms with van der Waals surface area (Å²) < 4.78 is 15.9. The fourth-order valence-electron chi connectivity index (χ4n) is 2.77. The molecule has 25 heavy (non-hydrogen) atoms. The monoisotopic (exact) mass is 413 g/mol. The zero-order valence-electron chi connectivity index (χ0n) is 14.8. The molecule has 2 rings (SSSR count). The van der Waals surface area contributed by atoms with Crippen LogP contribution in [0.15, 0.2) is 12.1 Å². The molecule has 1 atom stereocenters. The minimum atomic E-state index is -0.445. The molecule has 0 bridgehead atoms. The van der Waals surface area contributed by atoms with Crippen LogP contribution in [0.3, 0.4) is 0 Å². The Morgan fingerprint density at radius 3 is 2.40 bits per heavy atom. The third-order valence-corrected chi connectivity index (χ3v) is 4.74. The van der Waals surface area contributed by atoms with Crippen LogP contribution in [-0.4, -0.2) is 42.9 Å². The van der Waals surface area contributed by atoms with Crippen LogP contribution >= 0.6 is 15.9 Å². The summed E-state index contributed by atoms with van der Waals surface area (Å²) in [6.07, 6.45) is 1.04. The number of halogens is 1. The van der Waals surface area contributed by atoms with Crippen LogP contribution in [0.2, 0.25) is 0 Å². The lowest BCUT2D eigenvalue weighted by molar-refractivity contribution is -0.148. The molecule has 0 saturated heterocycles. The van der Waals surface area contributed by atoms with Gasteiger partial charge in [0.05, 0.1) is 26.7 Å². The fourth-order valence-corrected chi connectivity index (χ4v) is 3.00.